The van der Waals surface area contributed by atoms with Crippen LogP contribution in [0.4, 0.5) is 5.69 Å². The van der Waals surface area contributed by atoms with E-state index in [4.69, 9.17) is 4.74 Å². The van der Waals surface area contributed by atoms with Crippen molar-refractivity contribution in [3.8, 4) is 0 Å². The topological polar surface area (TPSA) is 24.5 Å². The second-order valence-corrected chi connectivity index (χ2v) is 4.45. The van der Waals surface area contributed by atoms with Crippen molar-refractivity contribution in [1.29, 1.82) is 0 Å². The molecule has 0 aliphatic carbocycles. The fourth-order valence-electron chi connectivity index (χ4n) is 2.11. The summed E-state index contributed by atoms with van der Waals surface area (Å²) < 4.78 is 5.44. The molecule has 1 saturated heterocycles. The van der Waals surface area contributed by atoms with Crippen LogP contribution in [0.3, 0.4) is 0 Å². The highest BCUT2D eigenvalue weighted by Crippen LogP contribution is 2.05. The number of anilines is 1. The lowest BCUT2D eigenvalue weighted by molar-refractivity contribution is 0.141. The third-order valence-corrected chi connectivity index (χ3v) is 3.07. The molecular weight excluding hydrogens is 212 g/mol. The van der Waals surface area contributed by atoms with E-state index in [1.165, 1.54) is 31.6 Å². The second kappa shape index (κ2) is 7.30. The molecule has 0 atom stereocenters. The molecule has 1 heterocycles. The van der Waals surface area contributed by atoms with Crippen molar-refractivity contribution in [2.75, 3.05) is 44.7 Å². The Hall–Kier alpha value is -1.06. The normalized spacial score (nSPS) is 17.6. The summed E-state index contributed by atoms with van der Waals surface area (Å²) in [7, 11) is 0. The summed E-state index contributed by atoms with van der Waals surface area (Å²) in [5, 5.41) is 3.44. The smallest absolute Gasteiger partial charge is 0.0593 e. The predicted octanol–water partition coefficient (Wildman–Crippen LogP) is 2.21. The van der Waals surface area contributed by atoms with E-state index in [0.717, 1.165) is 26.3 Å². The van der Waals surface area contributed by atoms with Crippen LogP contribution in [0.1, 0.15) is 12.8 Å². The molecule has 1 aromatic rings. The van der Waals surface area contributed by atoms with Gasteiger partial charge in [-0.15, -0.1) is 0 Å². The van der Waals surface area contributed by atoms with Gasteiger partial charge >= 0.3 is 0 Å². The van der Waals surface area contributed by atoms with Crippen molar-refractivity contribution in [2.45, 2.75) is 12.8 Å². The zero-order valence-corrected chi connectivity index (χ0v) is 10.4. The minimum atomic E-state index is 0.895. The van der Waals surface area contributed by atoms with Gasteiger partial charge in [-0.2, -0.15) is 0 Å². The number of para-hydroxylation sites is 1. The Labute approximate surface area is 104 Å². The van der Waals surface area contributed by atoms with E-state index >= 15 is 0 Å². The van der Waals surface area contributed by atoms with Crippen molar-refractivity contribution >= 4 is 5.69 Å². The van der Waals surface area contributed by atoms with Crippen molar-refractivity contribution in [3.05, 3.63) is 30.3 Å². The third-order valence-electron chi connectivity index (χ3n) is 3.07. The van der Waals surface area contributed by atoms with Gasteiger partial charge in [0.25, 0.3) is 0 Å². The summed E-state index contributed by atoms with van der Waals surface area (Å²) in [6, 6.07) is 10.4. The van der Waals surface area contributed by atoms with E-state index in [1.807, 2.05) is 6.07 Å². The monoisotopic (exact) mass is 234 g/mol. The molecule has 1 fully saturated rings. The van der Waals surface area contributed by atoms with Crippen LogP contribution in [0.15, 0.2) is 30.3 Å². The van der Waals surface area contributed by atoms with Gasteiger partial charge in [0.05, 0.1) is 6.61 Å². The highest BCUT2D eigenvalue weighted by molar-refractivity contribution is 5.42. The lowest BCUT2D eigenvalue weighted by Crippen LogP contribution is -2.28. The Morgan fingerprint density at radius 2 is 2.00 bits per heavy atom. The maximum absolute atomic E-state index is 5.44. The average Bonchev–Trinajstić information content (AvgIpc) is 2.65. The largest absolute Gasteiger partial charge is 0.385 e. The Morgan fingerprint density at radius 1 is 1.12 bits per heavy atom. The van der Waals surface area contributed by atoms with Crippen LogP contribution >= 0.6 is 0 Å². The van der Waals surface area contributed by atoms with Crippen LogP contribution in [0.2, 0.25) is 0 Å². The molecular formula is C14H22N2O. The summed E-state index contributed by atoms with van der Waals surface area (Å²) in [6.45, 7) is 6.31. The first kappa shape index (κ1) is 12.4. The molecule has 1 aliphatic heterocycles. The lowest BCUT2D eigenvalue weighted by atomic mass is 10.3. The summed E-state index contributed by atoms with van der Waals surface area (Å²) >= 11 is 0. The molecule has 3 heteroatoms. The molecule has 3 nitrogen and oxygen atoms in total. The first-order valence-corrected chi connectivity index (χ1v) is 6.54. The third kappa shape index (κ3) is 4.75. The van der Waals surface area contributed by atoms with E-state index in [-0.39, 0.29) is 0 Å². The van der Waals surface area contributed by atoms with Crippen LogP contribution in [-0.2, 0) is 4.74 Å². The number of ether oxygens (including phenoxy) is 1. The number of nitrogens with one attached hydrogen (secondary N) is 1. The highest BCUT2D eigenvalue weighted by Gasteiger charge is 2.07. The van der Waals surface area contributed by atoms with Crippen molar-refractivity contribution < 1.29 is 4.74 Å². The standard InChI is InChI=1S/C14H22N2O/c1-2-6-14(7-3-1)15-8-4-9-16-10-5-12-17-13-11-16/h1-3,6-7,15H,4-5,8-13H2. The van der Waals surface area contributed by atoms with Gasteiger partial charge in [0, 0.05) is 31.9 Å². The number of rotatable bonds is 5. The van der Waals surface area contributed by atoms with Gasteiger partial charge < -0.3 is 15.0 Å². The molecule has 1 aromatic carbocycles. The zero-order chi connectivity index (χ0) is 11.8. The fourth-order valence-corrected chi connectivity index (χ4v) is 2.11. The molecule has 0 radical (unpaired) electrons. The number of hydrogen-bond donors (Lipinski definition) is 1. The first-order chi connectivity index (χ1) is 8.45. The lowest BCUT2D eigenvalue weighted by Gasteiger charge is -2.18. The van der Waals surface area contributed by atoms with Crippen LogP contribution in [-0.4, -0.2) is 44.3 Å². The first-order valence-electron chi connectivity index (χ1n) is 6.54. The minimum Gasteiger partial charge on any atom is -0.385 e. The van der Waals surface area contributed by atoms with Gasteiger partial charge in [0.2, 0.25) is 0 Å². The van der Waals surface area contributed by atoms with Gasteiger partial charge in [-0.05, 0) is 31.5 Å². The molecule has 0 saturated carbocycles. The molecule has 2 rings (SSSR count). The molecule has 0 spiro atoms. The Balaban J connectivity index is 1.59. The number of nitrogens with zero attached hydrogens (tertiary/aromatic N) is 1. The maximum atomic E-state index is 5.44. The van der Waals surface area contributed by atoms with Crippen molar-refractivity contribution in [3.63, 3.8) is 0 Å². The molecule has 1 N–H and O–H groups in total. The summed E-state index contributed by atoms with van der Waals surface area (Å²) in [4.78, 5) is 2.50. The second-order valence-electron chi connectivity index (χ2n) is 4.45. The van der Waals surface area contributed by atoms with Gasteiger partial charge in [-0.3, -0.25) is 0 Å². The van der Waals surface area contributed by atoms with E-state index in [9.17, 15) is 0 Å². The summed E-state index contributed by atoms with van der Waals surface area (Å²) in [5.74, 6) is 0. The number of hydrogen-bond acceptors (Lipinski definition) is 3. The zero-order valence-electron chi connectivity index (χ0n) is 10.4. The molecule has 94 valence electrons. The molecule has 0 aromatic heterocycles. The Bertz CT molecular complexity index is 294. The fraction of sp³-hybridized carbons (Fsp3) is 0.571. The maximum Gasteiger partial charge on any atom is 0.0593 e. The molecule has 0 unspecified atom stereocenters. The quantitative estimate of drug-likeness (QED) is 0.791. The van der Waals surface area contributed by atoms with E-state index in [2.05, 4.69) is 34.5 Å². The Kier molecular flexibility index (Phi) is 5.33. The van der Waals surface area contributed by atoms with Gasteiger partial charge in [0.15, 0.2) is 0 Å². The summed E-state index contributed by atoms with van der Waals surface area (Å²) in [6.07, 6.45) is 2.36. The summed E-state index contributed by atoms with van der Waals surface area (Å²) in [5.41, 5.74) is 1.21. The molecule has 0 amide bonds. The molecule has 1 aliphatic rings. The van der Waals surface area contributed by atoms with Crippen LogP contribution in [0, 0.1) is 0 Å². The molecule has 0 bridgehead atoms. The van der Waals surface area contributed by atoms with Gasteiger partial charge in [-0.25, -0.2) is 0 Å². The van der Waals surface area contributed by atoms with Crippen molar-refractivity contribution in [2.24, 2.45) is 0 Å². The molecule has 17 heavy (non-hydrogen) atoms. The van der Waals surface area contributed by atoms with E-state index < -0.39 is 0 Å². The van der Waals surface area contributed by atoms with E-state index in [1.54, 1.807) is 0 Å². The average molecular weight is 234 g/mol. The van der Waals surface area contributed by atoms with Gasteiger partial charge in [-0.1, -0.05) is 18.2 Å². The van der Waals surface area contributed by atoms with E-state index in [0.29, 0.717) is 0 Å². The Morgan fingerprint density at radius 3 is 2.88 bits per heavy atom. The van der Waals surface area contributed by atoms with Gasteiger partial charge in [0.1, 0.15) is 0 Å². The van der Waals surface area contributed by atoms with Crippen LogP contribution in [0.25, 0.3) is 0 Å². The predicted molar refractivity (Wildman–Crippen MR) is 71.4 cm³/mol. The minimum absolute atomic E-state index is 0.895. The SMILES string of the molecule is c1ccc(NCCCN2CCCOCC2)cc1. The van der Waals surface area contributed by atoms with Crippen LogP contribution in [0.5, 0.6) is 0 Å². The van der Waals surface area contributed by atoms with Crippen LogP contribution < -0.4 is 5.32 Å². The highest BCUT2D eigenvalue weighted by atomic mass is 16.5. The van der Waals surface area contributed by atoms with Crippen molar-refractivity contribution in [1.82, 2.24) is 4.90 Å². The number of benzene rings is 1.